The van der Waals surface area contributed by atoms with Crippen molar-refractivity contribution in [1.29, 1.82) is 0 Å². The van der Waals surface area contributed by atoms with Crippen molar-refractivity contribution in [3.8, 4) is 16.9 Å². The Hall–Kier alpha value is -4.37. The van der Waals surface area contributed by atoms with E-state index in [2.05, 4.69) is 10.4 Å². The minimum absolute atomic E-state index is 0.100. The van der Waals surface area contributed by atoms with Gasteiger partial charge in [0.05, 0.1) is 30.6 Å². The number of methoxy groups -OCH3 is 1. The van der Waals surface area contributed by atoms with E-state index in [1.54, 1.807) is 12.1 Å². The van der Waals surface area contributed by atoms with Crippen LogP contribution >= 0.6 is 11.6 Å². The summed E-state index contributed by atoms with van der Waals surface area (Å²) >= 11 is 6.23. The summed E-state index contributed by atoms with van der Waals surface area (Å²) in [4.78, 5) is 38.3. The van der Waals surface area contributed by atoms with Gasteiger partial charge in [0.25, 0.3) is 5.56 Å². The van der Waals surface area contributed by atoms with Gasteiger partial charge in [0.1, 0.15) is 11.8 Å². The number of aromatic nitrogens is 3. The highest BCUT2D eigenvalue weighted by Crippen LogP contribution is 2.35. The van der Waals surface area contributed by atoms with Crippen LogP contribution in [0.2, 0.25) is 5.02 Å². The lowest BCUT2D eigenvalue weighted by Crippen LogP contribution is -2.34. The van der Waals surface area contributed by atoms with Gasteiger partial charge in [0, 0.05) is 35.0 Å². The number of ether oxygens (including phenoxy) is 1. The van der Waals surface area contributed by atoms with Crippen LogP contribution in [0.1, 0.15) is 46.5 Å². The number of pyridine rings is 1. The normalized spacial score (nSPS) is 13.6. The highest BCUT2D eigenvalue weighted by molar-refractivity contribution is 6.30. The number of halogens is 1. The van der Waals surface area contributed by atoms with E-state index in [1.165, 1.54) is 48.2 Å². The van der Waals surface area contributed by atoms with E-state index in [0.717, 1.165) is 24.0 Å². The average molecular weight is 547 g/mol. The lowest BCUT2D eigenvalue weighted by atomic mass is 10.0. The molecule has 1 unspecified atom stereocenters. The minimum atomic E-state index is -1.06. The maximum absolute atomic E-state index is 13.6. The first-order valence-electron chi connectivity index (χ1n) is 12.5. The lowest BCUT2D eigenvalue weighted by Gasteiger charge is -2.21. The predicted octanol–water partition coefficient (Wildman–Crippen LogP) is 5.14. The second-order valence-corrected chi connectivity index (χ2v) is 10.0. The minimum Gasteiger partial charge on any atom is -0.495 e. The van der Waals surface area contributed by atoms with Gasteiger partial charge in [-0.3, -0.25) is 18.8 Å². The highest BCUT2D eigenvalue weighted by Gasteiger charge is 2.28. The second kappa shape index (κ2) is 10.8. The van der Waals surface area contributed by atoms with Gasteiger partial charge < -0.3 is 15.2 Å². The Labute approximate surface area is 229 Å². The zero-order valence-corrected chi connectivity index (χ0v) is 22.2. The number of nitrogens with one attached hydrogen (secondary N) is 1. The summed E-state index contributed by atoms with van der Waals surface area (Å²) in [6.07, 6.45) is 5.73. The van der Waals surface area contributed by atoms with Gasteiger partial charge in [0.15, 0.2) is 0 Å². The fraction of sp³-hybridized carbons (Fsp3) is 0.241. The summed E-state index contributed by atoms with van der Waals surface area (Å²) in [6, 6.07) is 14.0. The number of hydrogen-bond acceptors (Lipinski definition) is 5. The van der Waals surface area contributed by atoms with Crippen molar-refractivity contribution in [2.75, 3.05) is 12.4 Å². The van der Waals surface area contributed by atoms with Gasteiger partial charge >= 0.3 is 5.97 Å². The van der Waals surface area contributed by atoms with Crippen LogP contribution in [0.3, 0.4) is 0 Å². The number of carbonyl (C=O) groups is 2. The zero-order valence-electron chi connectivity index (χ0n) is 21.4. The monoisotopic (exact) mass is 546 g/mol. The molecule has 0 bridgehead atoms. The molecule has 10 heteroatoms. The van der Waals surface area contributed by atoms with Gasteiger partial charge in [-0.1, -0.05) is 17.7 Å². The standard InChI is InChI=1S/C29H27ClN4O5/c1-17-3-6-19(30)13-23(17)24-15-27(35)33(16-26(24)39-2)25(14-21-11-12-34(32-21)22-9-10-22)28(36)31-20-7-4-18(5-8-20)29(37)38/h3-8,11-13,15-16,22,25H,9-10,14H2,1-2H3,(H,31,36)(H,37,38). The van der Waals surface area contributed by atoms with Crippen LogP contribution in [0.4, 0.5) is 5.69 Å². The van der Waals surface area contributed by atoms with Crippen molar-refractivity contribution in [3.63, 3.8) is 0 Å². The number of hydrogen-bond donors (Lipinski definition) is 2. The molecule has 0 spiro atoms. The number of carboxylic acid groups (broad SMARTS) is 1. The smallest absolute Gasteiger partial charge is 0.335 e. The quantitative estimate of drug-likeness (QED) is 0.300. The largest absolute Gasteiger partial charge is 0.495 e. The third kappa shape index (κ3) is 5.73. The van der Waals surface area contributed by atoms with E-state index in [1.807, 2.05) is 29.9 Å². The maximum Gasteiger partial charge on any atom is 0.335 e. The summed E-state index contributed by atoms with van der Waals surface area (Å²) in [5, 5.41) is 17.1. The van der Waals surface area contributed by atoms with Gasteiger partial charge in [-0.25, -0.2) is 4.79 Å². The molecule has 200 valence electrons. The number of carboxylic acids is 1. The van der Waals surface area contributed by atoms with Gasteiger partial charge in [-0.05, 0) is 73.4 Å². The SMILES string of the molecule is COc1cn(C(Cc2ccn(C3CC3)n2)C(=O)Nc2ccc(C(=O)O)cc2)c(=O)cc1-c1cc(Cl)ccc1C. The van der Waals surface area contributed by atoms with Crippen molar-refractivity contribution in [1.82, 2.24) is 14.3 Å². The van der Waals surface area contributed by atoms with Crippen molar-refractivity contribution < 1.29 is 19.4 Å². The van der Waals surface area contributed by atoms with E-state index < -0.39 is 23.5 Å². The lowest BCUT2D eigenvalue weighted by molar-refractivity contribution is -0.119. The first kappa shape index (κ1) is 26.2. The summed E-state index contributed by atoms with van der Waals surface area (Å²) in [6.45, 7) is 1.92. The first-order chi connectivity index (χ1) is 18.7. The molecule has 5 rings (SSSR count). The second-order valence-electron chi connectivity index (χ2n) is 9.57. The number of aromatic carboxylic acids is 1. The molecular formula is C29H27ClN4O5. The topological polar surface area (TPSA) is 115 Å². The van der Waals surface area contributed by atoms with Crippen LogP contribution in [-0.2, 0) is 11.2 Å². The van der Waals surface area contributed by atoms with Crippen molar-refractivity contribution in [2.24, 2.45) is 0 Å². The highest BCUT2D eigenvalue weighted by atomic mass is 35.5. The van der Waals surface area contributed by atoms with E-state index in [-0.39, 0.29) is 12.0 Å². The predicted molar refractivity (Wildman–Crippen MR) is 148 cm³/mol. The molecule has 4 aromatic rings. The molecule has 2 aromatic carbocycles. The fourth-order valence-corrected chi connectivity index (χ4v) is 4.67. The number of aryl methyl sites for hydroxylation is 1. The van der Waals surface area contributed by atoms with E-state index >= 15 is 0 Å². The molecule has 0 radical (unpaired) electrons. The molecule has 2 aromatic heterocycles. The molecule has 2 N–H and O–H groups in total. The number of nitrogens with zero attached hydrogens (tertiary/aromatic N) is 3. The first-order valence-corrected chi connectivity index (χ1v) is 12.9. The van der Waals surface area contributed by atoms with Crippen LogP contribution in [0, 0.1) is 6.92 Å². The van der Waals surface area contributed by atoms with Gasteiger partial charge in [-0.2, -0.15) is 5.10 Å². The zero-order chi connectivity index (χ0) is 27.7. The summed E-state index contributed by atoms with van der Waals surface area (Å²) < 4.78 is 8.90. The number of anilines is 1. The third-order valence-corrected chi connectivity index (χ3v) is 7.01. The Morgan fingerprint density at radius 1 is 1.13 bits per heavy atom. The maximum atomic E-state index is 13.6. The van der Waals surface area contributed by atoms with Crippen LogP contribution < -0.4 is 15.6 Å². The Kier molecular flexibility index (Phi) is 7.26. The Balaban J connectivity index is 1.53. The van der Waals surface area contributed by atoms with E-state index in [9.17, 15) is 14.4 Å². The third-order valence-electron chi connectivity index (χ3n) is 6.78. The average Bonchev–Trinajstić information content (AvgIpc) is 3.67. The summed E-state index contributed by atoms with van der Waals surface area (Å²) in [5.74, 6) is -1.10. The molecule has 1 fully saturated rings. The number of carbonyl (C=O) groups excluding carboxylic acids is 1. The molecule has 0 aliphatic heterocycles. The van der Waals surface area contributed by atoms with Crippen molar-refractivity contribution in [2.45, 2.75) is 38.3 Å². The molecule has 2 heterocycles. The number of benzene rings is 2. The van der Waals surface area contributed by atoms with Gasteiger partial charge in [-0.15, -0.1) is 0 Å². The molecule has 0 saturated heterocycles. The number of amides is 1. The van der Waals surface area contributed by atoms with Crippen LogP contribution in [0.15, 0.2) is 71.8 Å². The van der Waals surface area contributed by atoms with Crippen LogP contribution in [0.5, 0.6) is 5.75 Å². The van der Waals surface area contributed by atoms with Gasteiger partial charge in [0.2, 0.25) is 5.91 Å². The molecule has 9 nitrogen and oxygen atoms in total. The molecule has 39 heavy (non-hydrogen) atoms. The molecule has 1 aliphatic carbocycles. The number of rotatable bonds is 9. The van der Waals surface area contributed by atoms with E-state index in [0.29, 0.717) is 33.8 Å². The molecular weight excluding hydrogens is 520 g/mol. The molecule has 1 amide bonds. The van der Waals surface area contributed by atoms with Crippen molar-refractivity contribution in [3.05, 3.63) is 99.2 Å². The van der Waals surface area contributed by atoms with Crippen molar-refractivity contribution >= 4 is 29.2 Å². The summed E-state index contributed by atoms with van der Waals surface area (Å²) in [7, 11) is 1.50. The fourth-order valence-electron chi connectivity index (χ4n) is 4.50. The molecule has 1 atom stereocenters. The Bertz CT molecular complexity index is 1600. The van der Waals surface area contributed by atoms with Crippen LogP contribution in [0.25, 0.3) is 11.1 Å². The summed E-state index contributed by atoms with van der Waals surface area (Å²) in [5.41, 5.74) is 3.02. The van der Waals surface area contributed by atoms with E-state index in [4.69, 9.17) is 21.4 Å². The van der Waals surface area contributed by atoms with Crippen LogP contribution in [-0.4, -0.2) is 38.4 Å². The molecule has 1 aliphatic rings. The Morgan fingerprint density at radius 2 is 1.87 bits per heavy atom. The molecule has 1 saturated carbocycles. The Morgan fingerprint density at radius 3 is 2.54 bits per heavy atom.